The van der Waals surface area contributed by atoms with Crippen molar-refractivity contribution in [3.63, 3.8) is 0 Å². The summed E-state index contributed by atoms with van der Waals surface area (Å²) in [4.78, 5) is 11.6. The summed E-state index contributed by atoms with van der Waals surface area (Å²) in [5.41, 5.74) is 5.62. The van der Waals surface area contributed by atoms with E-state index in [2.05, 4.69) is 0 Å². The number of carbonyl (C=O) groups excluding carboxylic acids is 1. The number of nitrogens with two attached hydrogens (primary N) is 1. The smallest absolute Gasteiger partial charge is 0.341 e. The standard InChI is InChI=1S/C14H18FNO3/c15-13-9-10(16)5-6-12(13)14(17)19-8-2-4-11-3-1-7-18-11/h5-6,9,11H,1-4,7-8,16H2. The molecule has 19 heavy (non-hydrogen) atoms. The number of hydrogen-bond acceptors (Lipinski definition) is 4. The fourth-order valence-corrected chi connectivity index (χ4v) is 2.12. The average Bonchev–Trinajstić information content (AvgIpc) is 2.87. The molecular weight excluding hydrogens is 249 g/mol. The molecule has 1 atom stereocenters. The van der Waals surface area contributed by atoms with Gasteiger partial charge < -0.3 is 15.2 Å². The summed E-state index contributed by atoms with van der Waals surface area (Å²) in [6.07, 6.45) is 4.05. The molecule has 1 fully saturated rings. The number of esters is 1. The molecule has 1 heterocycles. The van der Waals surface area contributed by atoms with Crippen molar-refractivity contribution in [2.24, 2.45) is 0 Å². The van der Waals surface area contributed by atoms with Crippen molar-refractivity contribution < 1.29 is 18.7 Å². The lowest BCUT2D eigenvalue weighted by Gasteiger charge is -2.09. The lowest BCUT2D eigenvalue weighted by molar-refractivity contribution is 0.0456. The van der Waals surface area contributed by atoms with E-state index in [1.54, 1.807) is 0 Å². The van der Waals surface area contributed by atoms with Gasteiger partial charge in [0.25, 0.3) is 0 Å². The van der Waals surface area contributed by atoms with Gasteiger partial charge in [0.1, 0.15) is 5.82 Å². The van der Waals surface area contributed by atoms with Gasteiger partial charge in [-0.1, -0.05) is 0 Å². The highest BCUT2D eigenvalue weighted by molar-refractivity contribution is 5.90. The van der Waals surface area contributed by atoms with Gasteiger partial charge in [-0.15, -0.1) is 0 Å². The van der Waals surface area contributed by atoms with Gasteiger partial charge in [-0.2, -0.15) is 0 Å². The van der Waals surface area contributed by atoms with Gasteiger partial charge in [0.2, 0.25) is 0 Å². The monoisotopic (exact) mass is 267 g/mol. The Morgan fingerprint density at radius 3 is 3.05 bits per heavy atom. The second kappa shape index (κ2) is 6.52. The van der Waals surface area contributed by atoms with Crippen molar-refractivity contribution in [3.8, 4) is 0 Å². The summed E-state index contributed by atoms with van der Waals surface area (Å²) < 4.78 is 24.0. The van der Waals surface area contributed by atoms with Crippen LogP contribution in [0.5, 0.6) is 0 Å². The second-order valence-electron chi connectivity index (χ2n) is 4.65. The summed E-state index contributed by atoms with van der Waals surface area (Å²) in [5.74, 6) is -1.30. The van der Waals surface area contributed by atoms with Crippen molar-refractivity contribution in [2.45, 2.75) is 31.8 Å². The van der Waals surface area contributed by atoms with Crippen molar-refractivity contribution in [2.75, 3.05) is 18.9 Å². The highest BCUT2D eigenvalue weighted by Crippen LogP contribution is 2.17. The third-order valence-electron chi connectivity index (χ3n) is 3.14. The molecule has 1 aromatic rings. The van der Waals surface area contributed by atoms with Gasteiger partial charge in [-0.05, 0) is 43.9 Å². The maximum Gasteiger partial charge on any atom is 0.341 e. The average molecular weight is 267 g/mol. The molecule has 2 rings (SSSR count). The van der Waals surface area contributed by atoms with Crippen molar-refractivity contribution in [1.82, 2.24) is 0 Å². The van der Waals surface area contributed by atoms with Crippen LogP contribution >= 0.6 is 0 Å². The molecule has 0 amide bonds. The molecule has 0 aliphatic carbocycles. The first-order chi connectivity index (χ1) is 9.16. The molecule has 4 nitrogen and oxygen atoms in total. The highest BCUT2D eigenvalue weighted by atomic mass is 19.1. The molecule has 0 radical (unpaired) electrons. The predicted molar refractivity (Wildman–Crippen MR) is 69.3 cm³/mol. The molecule has 0 bridgehead atoms. The number of ether oxygens (including phenoxy) is 2. The van der Waals surface area contributed by atoms with Crippen LogP contribution in [0.25, 0.3) is 0 Å². The first-order valence-corrected chi connectivity index (χ1v) is 6.50. The first kappa shape index (κ1) is 13.8. The van der Waals surface area contributed by atoms with Crippen molar-refractivity contribution >= 4 is 11.7 Å². The Hall–Kier alpha value is -1.62. The van der Waals surface area contributed by atoms with Crippen LogP contribution in [0.4, 0.5) is 10.1 Å². The number of benzene rings is 1. The third-order valence-corrected chi connectivity index (χ3v) is 3.14. The van der Waals surface area contributed by atoms with E-state index >= 15 is 0 Å². The Morgan fingerprint density at radius 1 is 1.53 bits per heavy atom. The molecular formula is C14H18FNO3. The van der Waals surface area contributed by atoms with Gasteiger partial charge in [-0.3, -0.25) is 0 Å². The Balaban J connectivity index is 1.74. The quantitative estimate of drug-likeness (QED) is 0.506. The van der Waals surface area contributed by atoms with Crippen molar-refractivity contribution in [3.05, 3.63) is 29.6 Å². The van der Waals surface area contributed by atoms with Crippen LogP contribution in [0.3, 0.4) is 0 Å². The van der Waals surface area contributed by atoms with Crippen LogP contribution in [0, 0.1) is 5.82 Å². The number of rotatable bonds is 5. The Kier molecular flexibility index (Phi) is 4.74. The summed E-state index contributed by atoms with van der Waals surface area (Å²) in [6, 6.07) is 3.93. The van der Waals surface area contributed by atoms with E-state index in [9.17, 15) is 9.18 Å². The topological polar surface area (TPSA) is 61.6 Å². The van der Waals surface area contributed by atoms with E-state index in [4.69, 9.17) is 15.2 Å². The van der Waals surface area contributed by atoms with E-state index in [1.807, 2.05) is 0 Å². The molecule has 1 aromatic carbocycles. The molecule has 104 valence electrons. The van der Waals surface area contributed by atoms with Crippen LogP contribution < -0.4 is 5.73 Å². The summed E-state index contributed by atoms with van der Waals surface area (Å²) in [6.45, 7) is 1.10. The van der Waals surface area contributed by atoms with Crippen molar-refractivity contribution in [1.29, 1.82) is 0 Å². The molecule has 0 saturated carbocycles. The lowest BCUT2D eigenvalue weighted by Crippen LogP contribution is -2.11. The second-order valence-corrected chi connectivity index (χ2v) is 4.65. The Morgan fingerprint density at radius 2 is 2.37 bits per heavy atom. The Labute approximate surface area is 111 Å². The fourth-order valence-electron chi connectivity index (χ4n) is 2.12. The first-order valence-electron chi connectivity index (χ1n) is 6.50. The van der Waals surface area contributed by atoms with Gasteiger partial charge >= 0.3 is 5.97 Å². The zero-order valence-corrected chi connectivity index (χ0v) is 10.7. The predicted octanol–water partition coefficient (Wildman–Crippen LogP) is 2.52. The zero-order chi connectivity index (χ0) is 13.7. The molecule has 5 heteroatoms. The van der Waals surface area contributed by atoms with Crippen LogP contribution in [0.2, 0.25) is 0 Å². The number of hydrogen-bond donors (Lipinski definition) is 1. The maximum atomic E-state index is 13.5. The third kappa shape index (κ3) is 3.92. The largest absolute Gasteiger partial charge is 0.462 e. The van der Waals surface area contributed by atoms with Gasteiger partial charge in [0.05, 0.1) is 18.3 Å². The van der Waals surface area contributed by atoms with E-state index in [0.29, 0.717) is 0 Å². The molecule has 2 N–H and O–H groups in total. The Bertz CT molecular complexity index is 444. The molecule has 1 unspecified atom stereocenters. The van der Waals surface area contributed by atoms with Crippen LogP contribution in [0.15, 0.2) is 18.2 Å². The lowest BCUT2D eigenvalue weighted by atomic mass is 10.1. The number of carbonyl (C=O) groups is 1. The van der Waals surface area contributed by atoms with Crippen LogP contribution in [-0.2, 0) is 9.47 Å². The molecule has 1 aliphatic heterocycles. The van der Waals surface area contributed by atoms with Gasteiger partial charge in [0, 0.05) is 12.3 Å². The highest BCUT2D eigenvalue weighted by Gasteiger charge is 2.16. The summed E-state index contributed by atoms with van der Waals surface area (Å²) in [5, 5.41) is 0. The van der Waals surface area contributed by atoms with Crippen LogP contribution in [0.1, 0.15) is 36.0 Å². The number of nitrogen functional groups attached to an aromatic ring is 1. The normalized spacial score (nSPS) is 18.5. The van der Waals surface area contributed by atoms with E-state index < -0.39 is 11.8 Å². The molecule has 1 saturated heterocycles. The summed E-state index contributed by atoms with van der Waals surface area (Å²) in [7, 11) is 0. The SMILES string of the molecule is Nc1ccc(C(=O)OCCCC2CCCO2)c(F)c1. The van der Waals surface area contributed by atoms with E-state index in [0.717, 1.165) is 38.4 Å². The minimum Gasteiger partial charge on any atom is -0.462 e. The van der Waals surface area contributed by atoms with Crippen LogP contribution in [-0.4, -0.2) is 25.3 Å². The van der Waals surface area contributed by atoms with E-state index in [-0.39, 0.29) is 24.0 Å². The van der Waals surface area contributed by atoms with Gasteiger partial charge in [0.15, 0.2) is 0 Å². The molecule has 0 aromatic heterocycles. The van der Waals surface area contributed by atoms with Gasteiger partial charge in [-0.25, -0.2) is 9.18 Å². The summed E-state index contributed by atoms with van der Waals surface area (Å²) >= 11 is 0. The fraction of sp³-hybridized carbons (Fsp3) is 0.500. The molecule has 1 aliphatic rings. The maximum absolute atomic E-state index is 13.5. The minimum absolute atomic E-state index is 0.0775. The molecule has 0 spiro atoms. The van der Waals surface area contributed by atoms with E-state index in [1.165, 1.54) is 12.1 Å². The number of anilines is 1. The zero-order valence-electron chi connectivity index (χ0n) is 10.7. The minimum atomic E-state index is -0.649. The number of halogens is 1.